The van der Waals surface area contributed by atoms with Crippen molar-refractivity contribution in [3.8, 4) is 5.75 Å². The molecule has 2 aromatic rings. The average Bonchev–Trinajstić information content (AvgIpc) is 2.30. The van der Waals surface area contributed by atoms with Crippen LogP contribution in [0.5, 0.6) is 5.75 Å². The molecule has 0 aromatic heterocycles. The van der Waals surface area contributed by atoms with Crippen LogP contribution in [0.1, 0.15) is 10.4 Å². The number of phenolic OH excluding ortho intramolecular Hbond substituents is 1. The summed E-state index contributed by atoms with van der Waals surface area (Å²) in [6, 6.07) is 6.97. The Labute approximate surface area is 116 Å². The molecule has 0 atom stereocenters. The zero-order valence-electron chi connectivity index (χ0n) is 9.45. The molecule has 98 valence electrons. The summed E-state index contributed by atoms with van der Waals surface area (Å²) in [6.45, 7) is 0. The fraction of sp³-hybridized carbons (Fsp3) is 0. The predicted octanol–water partition coefficient (Wildman–Crippen LogP) is 3.69. The lowest BCUT2D eigenvalue weighted by Crippen LogP contribution is -2.12. The van der Waals surface area contributed by atoms with Gasteiger partial charge >= 0.3 is 0 Å². The normalized spacial score (nSPS) is 10.3. The first-order valence-electron chi connectivity index (χ1n) is 5.21. The first-order valence-corrected chi connectivity index (χ1v) is 6.01. The average molecular weight is 328 g/mol. The number of hydrogen-bond acceptors (Lipinski definition) is 2. The molecule has 6 heteroatoms. The van der Waals surface area contributed by atoms with Crippen molar-refractivity contribution in [3.63, 3.8) is 0 Å². The van der Waals surface area contributed by atoms with E-state index < -0.39 is 17.5 Å². The molecule has 0 bridgehead atoms. The maximum atomic E-state index is 13.0. The quantitative estimate of drug-likeness (QED) is 0.883. The molecule has 2 aromatic carbocycles. The molecule has 0 heterocycles. The van der Waals surface area contributed by atoms with Crippen LogP contribution in [0, 0.1) is 11.6 Å². The highest BCUT2D eigenvalue weighted by Crippen LogP contribution is 2.23. The Bertz CT molecular complexity index is 626. The first kappa shape index (κ1) is 13.5. The van der Waals surface area contributed by atoms with Crippen molar-refractivity contribution in [2.75, 3.05) is 5.32 Å². The van der Waals surface area contributed by atoms with Gasteiger partial charge in [-0.25, -0.2) is 8.78 Å². The molecule has 3 nitrogen and oxygen atoms in total. The first-order chi connectivity index (χ1) is 8.95. The van der Waals surface area contributed by atoms with E-state index in [0.717, 1.165) is 12.1 Å². The van der Waals surface area contributed by atoms with E-state index in [1.165, 1.54) is 12.1 Å². The van der Waals surface area contributed by atoms with Crippen LogP contribution in [-0.2, 0) is 0 Å². The van der Waals surface area contributed by atoms with Crippen molar-refractivity contribution in [2.45, 2.75) is 0 Å². The molecule has 0 unspecified atom stereocenters. The number of nitrogens with one attached hydrogen (secondary N) is 1. The van der Waals surface area contributed by atoms with Gasteiger partial charge in [0.2, 0.25) is 0 Å². The highest BCUT2D eigenvalue weighted by molar-refractivity contribution is 9.10. The van der Waals surface area contributed by atoms with E-state index in [9.17, 15) is 18.7 Å². The van der Waals surface area contributed by atoms with Gasteiger partial charge in [-0.2, -0.15) is 0 Å². The Morgan fingerprint density at radius 3 is 2.37 bits per heavy atom. The molecule has 0 fully saturated rings. The molecule has 0 radical (unpaired) electrons. The summed E-state index contributed by atoms with van der Waals surface area (Å²) < 4.78 is 26.6. The maximum absolute atomic E-state index is 13.0. The van der Waals surface area contributed by atoms with Gasteiger partial charge in [-0.3, -0.25) is 4.79 Å². The third-order valence-corrected chi connectivity index (χ3v) is 2.82. The summed E-state index contributed by atoms with van der Waals surface area (Å²) >= 11 is 3.16. The molecule has 0 saturated carbocycles. The second-order valence-corrected chi connectivity index (χ2v) is 4.69. The zero-order valence-corrected chi connectivity index (χ0v) is 11.0. The number of halogens is 3. The molecule has 2 N–H and O–H groups in total. The van der Waals surface area contributed by atoms with Gasteiger partial charge in [0.15, 0.2) is 0 Å². The van der Waals surface area contributed by atoms with Gasteiger partial charge in [-0.15, -0.1) is 0 Å². The van der Waals surface area contributed by atoms with Gasteiger partial charge in [0, 0.05) is 16.2 Å². The number of rotatable bonds is 2. The summed E-state index contributed by atoms with van der Waals surface area (Å²) in [5, 5.41) is 11.9. The third kappa shape index (κ3) is 3.29. The topological polar surface area (TPSA) is 49.3 Å². The fourth-order valence-corrected chi connectivity index (χ4v) is 1.88. The number of amides is 1. The molecule has 0 aliphatic heterocycles. The molecule has 19 heavy (non-hydrogen) atoms. The van der Waals surface area contributed by atoms with E-state index in [1.54, 1.807) is 6.07 Å². The molecule has 0 aliphatic carbocycles. The summed E-state index contributed by atoms with van der Waals surface area (Å²) in [4.78, 5) is 11.9. The lowest BCUT2D eigenvalue weighted by Gasteiger charge is -2.07. The highest BCUT2D eigenvalue weighted by atomic mass is 79.9. The number of aromatic hydroxyl groups is 1. The number of phenols is 1. The minimum atomic E-state index is -0.797. The standard InChI is InChI=1S/C13H8BrF2NO2/c14-7-1-2-12(18)11(3-7)13(19)17-10-5-8(15)4-9(16)6-10/h1-6,18H,(H,17,19). The molecular weight excluding hydrogens is 320 g/mol. The number of hydrogen-bond donors (Lipinski definition) is 2. The van der Waals surface area contributed by atoms with Crippen molar-refractivity contribution in [1.29, 1.82) is 0 Å². The van der Waals surface area contributed by atoms with E-state index in [-0.39, 0.29) is 17.0 Å². The van der Waals surface area contributed by atoms with Gasteiger partial charge in [0.25, 0.3) is 5.91 Å². The summed E-state index contributed by atoms with van der Waals surface area (Å²) in [5.41, 5.74) is -0.0269. The predicted molar refractivity (Wildman–Crippen MR) is 70.1 cm³/mol. The second kappa shape index (κ2) is 5.36. The monoisotopic (exact) mass is 327 g/mol. The molecule has 0 aliphatic rings. The zero-order chi connectivity index (χ0) is 14.0. The lowest BCUT2D eigenvalue weighted by atomic mass is 10.2. The molecular formula is C13H8BrF2NO2. The van der Waals surface area contributed by atoms with Crippen molar-refractivity contribution in [1.82, 2.24) is 0 Å². The number of carbonyl (C=O) groups excluding carboxylic acids is 1. The molecule has 1 amide bonds. The number of carbonyl (C=O) groups is 1. The van der Waals surface area contributed by atoms with Crippen molar-refractivity contribution >= 4 is 27.5 Å². The van der Waals surface area contributed by atoms with E-state index in [0.29, 0.717) is 10.5 Å². The van der Waals surface area contributed by atoms with Gasteiger partial charge in [0.05, 0.1) is 5.56 Å². The summed E-state index contributed by atoms with van der Waals surface area (Å²) in [6.07, 6.45) is 0. The number of benzene rings is 2. The van der Waals surface area contributed by atoms with Crippen LogP contribution in [0.2, 0.25) is 0 Å². The van der Waals surface area contributed by atoms with Crippen LogP contribution < -0.4 is 5.32 Å². The van der Waals surface area contributed by atoms with Gasteiger partial charge in [0.1, 0.15) is 17.4 Å². The lowest BCUT2D eigenvalue weighted by molar-refractivity contribution is 0.102. The van der Waals surface area contributed by atoms with Gasteiger partial charge in [-0.05, 0) is 30.3 Å². The van der Waals surface area contributed by atoms with Gasteiger partial charge in [-0.1, -0.05) is 15.9 Å². The Morgan fingerprint density at radius 2 is 1.74 bits per heavy atom. The fourth-order valence-electron chi connectivity index (χ4n) is 1.51. The smallest absolute Gasteiger partial charge is 0.259 e. The largest absolute Gasteiger partial charge is 0.507 e. The van der Waals surface area contributed by atoms with Crippen LogP contribution in [0.4, 0.5) is 14.5 Å². The van der Waals surface area contributed by atoms with Crippen LogP contribution in [0.15, 0.2) is 40.9 Å². The van der Waals surface area contributed by atoms with Crippen molar-refractivity contribution in [2.24, 2.45) is 0 Å². The van der Waals surface area contributed by atoms with Crippen LogP contribution in [0.3, 0.4) is 0 Å². The summed E-state index contributed by atoms with van der Waals surface area (Å²) in [7, 11) is 0. The molecule has 2 rings (SSSR count). The minimum Gasteiger partial charge on any atom is -0.507 e. The SMILES string of the molecule is O=C(Nc1cc(F)cc(F)c1)c1cc(Br)ccc1O. The van der Waals surface area contributed by atoms with Crippen LogP contribution in [0.25, 0.3) is 0 Å². The molecule has 0 spiro atoms. The van der Waals surface area contributed by atoms with Crippen molar-refractivity contribution < 1.29 is 18.7 Å². The number of anilines is 1. The third-order valence-electron chi connectivity index (χ3n) is 2.32. The van der Waals surface area contributed by atoms with E-state index in [4.69, 9.17) is 0 Å². The van der Waals surface area contributed by atoms with Crippen molar-refractivity contribution in [3.05, 3.63) is 58.1 Å². The Hall–Kier alpha value is -1.95. The van der Waals surface area contributed by atoms with E-state index >= 15 is 0 Å². The van der Waals surface area contributed by atoms with Gasteiger partial charge < -0.3 is 10.4 Å². The van der Waals surface area contributed by atoms with Crippen LogP contribution >= 0.6 is 15.9 Å². The van der Waals surface area contributed by atoms with E-state index in [2.05, 4.69) is 21.2 Å². The van der Waals surface area contributed by atoms with E-state index in [1.807, 2.05) is 0 Å². The van der Waals surface area contributed by atoms with Crippen LogP contribution in [-0.4, -0.2) is 11.0 Å². The molecule has 0 saturated heterocycles. The Balaban J connectivity index is 2.28. The highest BCUT2D eigenvalue weighted by Gasteiger charge is 2.12. The Kier molecular flexibility index (Phi) is 3.80. The summed E-state index contributed by atoms with van der Waals surface area (Å²) in [5.74, 6) is -2.48. The second-order valence-electron chi connectivity index (χ2n) is 3.77. The minimum absolute atomic E-state index is 0.000885. The Morgan fingerprint density at radius 1 is 1.11 bits per heavy atom. The maximum Gasteiger partial charge on any atom is 0.259 e.